The van der Waals surface area contributed by atoms with Crippen molar-refractivity contribution in [2.45, 2.75) is 26.2 Å². The van der Waals surface area contributed by atoms with Crippen LogP contribution in [-0.2, 0) is 10.2 Å². The number of amides is 2. The van der Waals surface area contributed by atoms with Gasteiger partial charge < -0.3 is 19.7 Å². The van der Waals surface area contributed by atoms with Crippen LogP contribution in [0.2, 0.25) is 0 Å². The molecule has 0 radical (unpaired) electrons. The summed E-state index contributed by atoms with van der Waals surface area (Å²) in [6.45, 7) is 7.15. The summed E-state index contributed by atoms with van der Waals surface area (Å²) in [4.78, 5) is 30.6. The Morgan fingerprint density at radius 2 is 1.82 bits per heavy atom. The number of nitrogens with zero attached hydrogens (tertiary/aromatic N) is 2. The maximum atomic E-state index is 12.6. The topological polar surface area (TPSA) is 80.8 Å². The highest BCUT2D eigenvalue weighted by molar-refractivity contribution is 6.05. The van der Waals surface area contributed by atoms with E-state index < -0.39 is 0 Å². The third-order valence-electron chi connectivity index (χ3n) is 5.41. The first-order valence-electron chi connectivity index (χ1n) is 10.8. The normalized spacial score (nSPS) is 13.2. The molecule has 1 aromatic heterocycles. The largest absolute Gasteiger partial charge is 0.492 e. The molecule has 0 bridgehead atoms. The van der Waals surface area contributed by atoms with Crippen LogP contribution in [0.25, 0.3) is 0 Å². The number of hydrogen-bond donors (Lipinski definition) is 1. The van der Waals surface area contributed by atoms with Gasteiger partial charge in [0.05, 0.1) is 12.2 Å². The van der Waals surface area contributed by atoms with E-state index in [0.717, 1.165) is 5.75 Å². The van der Waals surface area contributed by atoms with Crippen molar-refractivity contribution in [2.24, 2.45) is 0 Å². The average molecular weight is 446 g/mol. The highest BCUT2D eigenvalue weighted by atomic mass is 16.5. The Labute approximate surface area is 193 Å². The van der Waals surface area contributed by atoms with Gasteiger partial charge in [0.25, 0.3) is 11.8 Å². The van der Waals surface area contributed by atoms with E-state index in [1.54, 1.807) is 47.6 Å². The van der Waals surface area contributed by atoms with Crippen molar-refractivity contribution in [3.63, 3.8) is 0 Å². The molecule has 7 heteroatoms. The smallest absolute Gasteiger partial charge is 0.265 e. The number of ether oxygens (including phenoxy) is 2. The zero-order valence-corrected chi connectivity index (χ0v) is 19.0. The van der Waals surface area contributed by atoms with Crippen molar-refractivity contribution in [1.82, 2.24) is 4.98 Å². The van der Waals surface area contributed by atoms with Gasteiger partial charge in [-0.2, -0.15) is 0 Å². The van der Waals surface area contributed by atoms with E-state index in [4.69, 9.17) is 9.47 Å². The lowest BCUT2D eigenvalue weighted by molar-refractivity contribution is -0.121. The van der Waals surface area contributed by atoms with Crippen molar-refractivity contribution in [3.05, 3.63) is 78.1 Å². The van der Waals surface area contributed by atoms with Crippen molar-refractivity contribution in [2.75, 3.05) is 30.0 Å². The van der Waals surface area contributed by atoms with E-state index >= 15 is 0 Å². The Morgan fingerprint density at radius 3 is 2.52 bits per heavy atom. The summed E-state index contributed by atoms with van der Waals surface area (Å²) in [5.74, 6) is 0.925. The molecule has 1 aliphatic rings. The Morgan fingerprint density at radius 1 is 1.09 bits per heavy atom. The van der Waals surface area contributed by atoms with Crippen LogP contribution < -0.4 is 19.7 Å². The number of carbonyl (C=O) groups excluding carboxylic acids is 2. The standard InChI is InChI=1S/C26H27N3O4/c1-26(2,3)19-4-7-21(8-5-19)32-15-14-29-22-16-20(6-9-23(22)33-17-24(29)30)28-25(31)18-10-12-27-13-11-18/h4-13,16H,14-15,17H2,1-3H3,(H,28,31). The van der Waals surface area contributed by atoms with E-state index in [2.05, 4.69) is 43.2 Å². The first-order chi connectivity index (χ1) is 15.8. The van der Waals surface area contributed by atoms with Gasteiger partial charge in [-0.3, -0.25) is 14.6 Å². The van der Waals surface area contributed by atoms with Crippen LogP contribution in [0.1, 0.15) is 36.7 Å². The fourth-order valence-corrected chi connectivity index (χ4v) is 3.54. The molecular formula is C26H27N3O4. The molecule has 170 valence electrons. The first-order valence-corrected chi connectivity index (χ1v) is 10.8. The van der Waals surface area contributed by atoms with Gasteiger partial charge in [-0.05, 0) is 53.4 Å². The molecule has 1 aliphatic heterocycles. The number of hydrogen-bond acceptors (Lipinski definition) is 5. The van der Waals surface area contributed by atoms with Gasteiger partial charge in [-0.25, -0.2) is 0 Å². The Balaban J connectivity index is 1.43. The molecule has 7 nitrogen and oxygen atoms in total. The van der Waals surface area contributed by atoms with E-state index in [1.165, 1.54) is 5.56 Å². The summed E-state index contributed by atoms with van der Waals surface area (Å²) in [6, 6.07) is 16.5. The molecule has 3 aromatic rings. The monoisotopic (exact) mass is 445 g/mol. The minimum absolute atomic E-state index is 0.0317. The summed E-state index contributed by atoms with van der Waals surface area (Å²) >= 11 is 0. The maximum Gasteiger partial charge on any atom is 0.265 e. The minimum Gasteiger partial charge on any atom is -0.492 e. The molecule has 0 atom stereocenters. The van der Waals surface area contributed by atoms with E-state index in [1.807, 2.05) is 12.1 Å². The Bertz CT molecular complexity index is 1140. The SMILES string of the molecule is CC(C)(C)c1ccc(OCCN2C(=O)COc3ccc(NC(=O)c4ccncc4)cc32)cc1. The molecule has 0 unspecified atom stereocenters. The molecule has 0 spiro atoms. The number of aromatic nitrogens is 1. The predicted octanol–water partition coefficient (Wildman–Crippen LogP) is 4.44. The van der Waals surface area contributed by atoms with E-state index in [0.29, 0.717) is 35.8 Å². The Kier molecular flexibility index (Phi) is 6.31. The molecule has 0 saturated heterocycles. The summed E-state index contributed by atoms with van der Waals surface area (Å²) in [7, 11) is 0. The fourth-order valence-electron chi connectivity index (χ4n) is 3.54. The van der Waals surface area contributed by atoms with E-state index in [-0.39, 0.29) is 23.8 Å². The Hall–Kier alpha value is -3.87. The fraction of sp³-hybridized carbons (Fsp3) is 0.269. The number of anilines is 2. The van der Waals surface area contributed by atoms with E-state index in [9.17, 15) is 9.59 Å². The van der Waals surface area contributed by atoms with Crippen LogP contribution in [0.3, 0.4) is 0 Å². The zero-order valence-electron chi connectivity index (χ0n) is 19.0. The molecule has 2 amide bonds. The molecule has 0 saturated carbocycles. The van der Waals surface area contributed by atoms with Crippen LogP contribution in [0, 0.1) is 0 Å². The van der Waals surface area contributed by atoms with Crippen molar-refractivity contribution in [3.8, 4) is 11.5 Å². The molecule has 4 rings (SSSR count). The van der Waals surface area contributed by atoms with Crippen molar-refractivity contribution < 1.29 is 19.1 Å². The molecule has 2 aromatic carbocycles. The lowest BCUT2D eigenvalue weighted by atomic mass is 9.87. The van der Waals surface area contributed by atoms with Crippen LogP contribution in [-0.4, -0.2) is 36.6 Å². The van der Waals surface area contributed by atoms with Gasteiger partial charge in [-0.1, -0.05) is 32.9 Å². The lowest BCUT2D eigenvalue weighted by Gasteiger charge is -2.29. The third-order valence-corrected chi connectivity index (χ3v) is 5.41. The number of benzene rings is 2. The molecular weight excluding hydrogens is 418 g/mol. The number of pyridine rings is 1. The maximum absolute atomic E-state index is 12.6. The van der Waals surface area contributed by atoms with Crippen LogP contribution >= 0.6 is 0 Å². The molecule has 2 heterocycles. The summed E-state index contributed by atoms with van der Waals surface area (Å²) in [5.41, 5.74) is 2.97. The van der Waals surface area contributed by atoms with Gasteiger partial charge in [-0.15, -0.1) is 0 Å². The molecule has 0 fully saturated rings. The van der Waals surface area contributed by atoms with Gasteiger partial charge in [0.15, 0.2) is 6.61 Å². The number of carbonyl (C=O) groups is 2. The highest BCUT2D eigenvalue weighted by Crippen LogP contribution is 2.34. The third kappa shape index (κ3) is 5.31. The molecule has 1 N–H and O–H groups in total. The minimum atomic E-state index is -0.256. The van der Waals surface area contributed by atoms with Gasteiger partial charge in [0.2, 0.25) is 0 Å². The second kappa shape index (κ2) is 9.32. The lowest BCUT2D eigenvalue weighted by Crippen LogP contribution is -2.41. The summed E-state index contributed by atoms with van der Waals surface area (Å²) in [6.07, 6.45) is 3.12. The van der Waals surface area contributed by atoms with Crippen molar-refractivity contribution in [1.29, 1.82) is 0 Å². The second-order valence-corrected chi connectivity index (χ2v) is 8.83. The summed E-state index contributed by atoms with van der Waals surface area (Å²) in [5, 5.41) is 2.85. The predicted molar refractivity (Wildman–Crippen MR) is 127 cm³/mol. The quantitative estimate of drug-likeness (QED) is 0.607. The number of nitrogens with one attached hydrogen (secondary N) is 1. The molecule has 33 heavy (non-hydrogen) atoms. The zero-order chi connectivity index (χ0) is 23.4. The van der Waals surface area contributed by atoms with Crippen LogP contribution in [0.15, 0.2) is 67.0 Å². The first kappa shape index (κ1) is 22.3. The van der Waals surface area contributed by atoms with Crippen LogP contribution in [0.4, 0.5) is 11.4 Å². The van der Waals surface area contributed by atoms with Gasteiger partial charge in [0.1, 0.15) is 18.1 Å². The van der Waals surface area contributed by atoms with Gasteiger partial charge >= 0.3 is 0 Å². The van der Waals surface area contributed by atoms with Crippen molar-refractivity contribution >= 4 is 23.2 Å². The number of fused-ring (bicyclic) bond motifs is 1. The highest BCUT2D eigenvalue weighted by Gasteiger charge is 2.26. The second-order valence-electron chi connectivity index (χ2n) is 8.83. The van der Waals surface area contributed by atoms with Crippen LogP contribution in [0.5, 0.6) is 11.5 Å². The summed E-state index contributed by atoms with van der Waals surface area (Å²) < 4.78 is 11.4. The van der Waals surface area contributed by atoms with Gasteiger partial charge in [0, 0.05) is 23.6 Å². The molecule has 0 aliphatic carbocycles. The average Bonchev–Trinajstić information content (AvgIpc) is 2.81. The number of rotatable bonds is 6.